The molecule has 0 aromatic heterocycles. The maximum Gasteiger partial charge on any atom is 0.307 e. The highest BCUT2D eigenvalue weighted by atomic mass is 35.5. The van der Waals surface area contributed by atoms with Crippen molar-refractivity contribution in [1.82, 2.24) is 0 Å². The van der Waals surface area contributed by atoms with E-state index >= 15 is 0 Å². The molecule has 0 spiro atoms. The topological polar surface area (TPSA) is 84.5 Å². The number of aryl methyl sites for hydroxylation is 1. The number of ether oxygens (including phenoxy) is 1. The quantitative estimate of drug-likeness (QED) is 0.743. The third-order valence-electron chi connectivity index (χ3n) is 3.90. The molecule has 0 saturated carbocycles. The predicted octanol–water partition coefficient (Wildman–Crippen LogP) is 3.63. The minimum atomic E-state index is -0.611. The van der Waals surface area contributed by atoms with Crippen LogP contribution in [0.3, 0.4) is 0 Å². The molecule has 0 saturated heterocycles. The molecule has 8 heteroatoms. The molecule has 2 N–H and O–H groups in total. The molecule has 1 aliphatic rings. The van der Waals surface area contributed by atoms with Crippen LogP contribution in [0.5, 0.6) is 0 Å². The Morgan fingerprint density at radius 1 is 1.26 bits per heavy atom. The van der Waals surface area contributed by atoms with Crippen LogP contribution in [0.25, 0.3) is 0 Å². The highest BCUT2D eigenvalue weighted by Crippen LogP contribution is 2.36. The molecule has 140 valence electrons. The molecule has 6 nitrogen and oxygen atoms in total. The van der Waals surface area contributed by atoms with Crippen LogP contribution in [0, 0.1) is 6.92 Å². The molecular formula is C19H17ClN2O4S. The van der Waals surface area contributed by atoms with Crippen molar-refractivity contribution >= 4 is 52.5 Å². The Hall–Kier alpha value is -2.51. The average molecular weight is 405 g/mol. The first kappa shape index (κ1) is 19.3. The molecule has 0 radical (unpaired) electrons. The summed E-state index contributed by atoms with van der Waals surface area (Å²) < 4.78 is 5.01. The molecule has 1 heterocycles. The Bertz CT molecular complexity index is 903. The zero-order valence-corrected chi connectivity index (χ0v) is 16.0. The van der Waals surface area contributed by atoms with Gasteiger partial charge in [0.15, 0.2) is 6.61 Å². The summed E-state index contributed by atoms with van der Waals surface area (Å²) in [6.07, 6.45) is -0.117. The molecule has 3 rings (SSSR count). The van der Waals surface area contributed by atoms with E-state index < -0.39 is 23.7 Å². The fourth-order valence-electron chi connectivity index (χ4n) is 2.50. The fraction of sp³-hybridized carbons (Fsp3) is 0.211. The smallest absolute Gasteiger partial charge is 0.307 e. The van der Waals surface area contributed by atoms with Crippen LogP contribution < -0.4 is 10.6 Å². The van der Waals surface area contributed by atoms with E-state index in [9.17, 15) is 14.4 Å². The minimum absolute atomic E-state index is 0.117. The van der Waals surface area contributed by atoms with E-state index in [4.69, 9.17) is 16.3 Å². The predicted molar refractivity (Wildman–Crippen MR) is 105 cm³/mol. The molecule has 1 aliphatic heterocycles. The van der Waals surface area contributed by atoms with Gasteiger partial charge in [-0.3, -0.25) is 14.4 Å². The van der Waals surface area contributed by atoms with Gasteiger partial charge < -0.3 is 15.4 Å². The van der Waals surface area contributed by atoms with Crippen molar-refractivity contribution < 1.29 is 19.1 Å². The van der Waals surface area contributed by atoms with Gasteiger partial charge in [0.05, 0.1) is 17.4 Å². The van der Waals surface area contributed by atoms with Gasteiger partial charge in [0.1, 0.15) is 0 Å². The lowest BCUT2D eigenvalue weighted by Gasteiger charge is -2.23. The normalized spacial score (nSPS) is 15.5. The minimum Gasteiger partial charge on any atom is -0.456 e. The number of thioether (sulfide) groups is 1. The summed E-state index contributed by atoms with van der Waals surface area (Å²) in [6, 6.07) is 12.5. The van der Waals surface area contributed by atoms with Crippen LogP contribution >= 0.6 is 23.4 Å². The van der Waals surface area contributed by atoms with Crippen LogP contribution in [0.1, 0.15) is 12.0 Å². The number of hydrogen-bond acceptors (Lipinski definition) is 5. The number of fused-ring (bicyclic) bond motifs is 1. The molecule has 2 aromatic carbocycles. The van der Waals surface area contributed by atoms with Crippen molar-refractivity contribution in [3.63, 3.8) is 0 Å². The lowest BCUT2D eigenvalue weighted by Crippen LogP contribution is -2.32. The van der Waals surface area contributed by atoms with Crippen LogP contribution in [-0.4, -0.2) is 29.6 Å². The van der Waals surface area contributed by atoms with Gasteiger partial charge >= 0.3 is 5.97 Å². The Balaban J connectivity index is 1.50. The number of benzene rings is 2. The Morgan fingerprint density at radius 3 is 2.85 bits per heavy atom. The van der Waals surface area contributed by atoms with Crippen LogP contribution in [0.4, 0.5) is 11.4 Å². The van der Waals surface area contributed by atoms with Gasteiger partial charge in [0.2, 0.25) is 5.91 Å². The van der Waals surface area contributed by atoms with Gasteiger partial charge in [-0.15, -0.1) is 11.8 Å². The number of rotatable bonds is 5. The van der Waals surface area contributed by atoms with Crippen LogP contribution in [0.15, 0.2) is 47.4 Å². The van der Waals surface area contributed by atoms with Gasteiger partial charge in [-0.1, -0.05) is 29.8 Å². The Labute approximate surface area is 165 Å². The summed E-state index contributed by atoms with van der Waals surface area (Å²) >= 11 is 7.21. The molecule has 0 aliphatic carbocycles. The van der Waals surface area contributed by atoms with E-state index in [2.05, 4.69) is 10.6 Å². The largest absolute Gasteiger partial charge is 0.456 e. The highest BCUT2D eigenvalue weighted by Gasteiger charge is 2.29. The first-order valence-electron chi connectivity index (χ1n) is 8.20. The second kappa shape index (κ2) is 8.45. The van der Waals surface area contributed by atoms with Crippen molar-refractivity contribution in [1.29, 1.82) is 0 Å². The van der Waals surface area contributed by atoms with Crippen molar-refractivity contribution in [2.45, 2.75) is 23.5 Å². The van der Waals surface area contributed by atoms with E-state index in [-0.39, 0.29) is 12.3 Å². The highest BCUT2D eigenvalue weighted by molar-refractivity contribution is 8.01. The summed E-state index contributed by atoms with van der Waals surface area (Å²) in [4.78, 5) is 37.0. The number of halogens is 1. The molecule has 0 fully saturated rings. The van der Waals surface area contributed by atoms with Crippen molar-refractivity contribution in [2.24, 2.45) is 0 Å². The van der Waals surface area contributed by atoms with E-state index in [1.54, 1.807) is 24.3 Å². The molecular weight excluding hydrogens is 388 g/mol. The number of amides is 2. The van der Waals surface area contributed by atoms with Crippen LogP contribution in [-0.2, 0) is 19.1 Å². The standard InChI is InChI=1S/C19H17ClN2O4S/c1-11-6-7-12(20)8-14(11)21-17(23)10-26-18(24)9-16-19(25)22-13-4-2-3-5-15(13)27-16/h2-8,16H,9-10H2,1H3,(H,21,23)(H,22,25). The number of esters is 1. The summed E-state index contributed by atoms with van der Waals surface area (Å²) in [5, 5.41) is 5.31. The van der Waals surface area contributed by atoms with Crippen molar-refractivity contribution in [3.05, 3.63) is 53.1 Å². The lowest BCUT2D eigenvalue weighted by atomic mass is 10.2. The number of hydrogen-bond donors (Lipinski definition) is 2. The summed E-state index contributed by atoms with van der Waals surface area (Å²) in [5.41, 5.74) is 2.13. The van der Waals surface area contributed by atoms with Gasteiger partial charge in [0.25, 0.3) is 5.91 Å². The molecule has 0 bridgehead atoms. The van der Waals surface area contributed by atoms with E-state index in [0.29, 0.717) is 10.7 Å². The van der Waals surface area contributed by atoms with E-state index in [0.717, 1.165) is 16.1 Å². The summed E-state index contributed by atoms with van der Waals surface area (Å²) in [7, 11) is 0. The number of anilines is 2. The van der Waals surface area contributed by atoms with Gasteiger partial charge in [0, 0.05) is 15.6 Å². The number of para-hydroxylation sites is 1. The van der Waals surface area contributed by atoms with Crippen molar-refractivity contribution in [2.75, 3.05) is 17.2 Å². The molecule has 27 heavy (non-hydrogen) atoms. The van der Waals surface area contributed by atoms with E-state index in [1.165, 1.54) is 11.8 Å². The van der Waals surface area contributed by atoms with Gasteiger partial charge in [-0.25, -0.2) is 0 Å². The monoisotopic (exact) mass is 404 g/mol. The summed E-state index contributed by atoms with van der Waals surface area (Å²) in [5.74, 6) is -1.34. The Morgan fingerprint density at radius 2 is 2.04 bits per heavy atom. The zero-order valence-electron chi connectivity index (χ0n) is 14.5. The number of nitrogens with one attached hydrogen (secondary N) is 2. The third-order valence-corrected chi connectivity index (χ3v) is 5.41. The second-order valence-corrected chi connectivity index (χ2v) is 7.65. The summed E-state index contributed by atoms with van der Waals surface area (Å²) in [6.45, 7) is 1.40. The first-order valence-corrected chi connectivity index (χ1v) is 9.46. The molecule has 1 atom stereocenters. The molecule has 2 amide bonds. The zero-order chi connectivity index (χ0) is 19.4. The average Bonchev–Trinajstić information content (AvgIpc) is 2.64. The Kier molecular flexibility index (Phi) is 6.03. The van der Waals surface area contributed by atoms with Gasteiger partial charge in [-0.2, -0.15) is 0 Å². The maximum absolute atomic E-state index is 12.1. The number of carbonyl (C=O) groups is 3. The first-order chi connectivity index (χ1) is 12.9. The number of carbonyl (C=O) groups excluding carboxylic acids is 3. The molecule has 1 unspecified atom stereocenters. The molecule has 2 aromatic rings. The van der Waals surface area contributed by atoms with Crippen molar-refractivity contribution in [3.8, 4) is 0 Å². The second-order valence-electron chi connectivity index (χ2n) is 5.96. The fourth-order valence-corrected chi connectivity index (χ4v) is 3.77. The third kappa shape index (κ3) is 5.02. The lowest BCUT2D eigenvalue weighted by molar-refractivity contribution is -0.147. The SMILES string of the molecule is Cc1ccc(Cl)cc1NC(=O)COC(=O)CC1Sc2ccccc2NC1=O. The van der Waals surface area contributed by atoms with Crippen LogP contribution in [0.2, 0.25) is 5.02 Å². The van der Waals surface area contributed by atoms with E-state index in [1.807, 2.05) is 25.1 Å². The maximum atomic E-state index is 12.1. The van der Waals surface area contributed by atoms with Gasteiger partial charge in [-0.05, 0) is 36.8 Å².